The van der Waals surface area contributed by atoms with Crippen LogP contribution in [0.4, 0.5) is 11.4 Å². The van der Waals surface area contributed by atoms with E-state index in [1.165, 1.54) is 0 Å². The van der Waals surface area contributed by atoms with Crippen LogP contribution in [0.1, 0.15) is 5.56 Å². The van der Waals surface area contributed by atoms with Crippen LogP contribution < -0.4 is 4.90 Å². The van der Waals surface area contributed by atoms with E-state index in [1.807, 2.05) is 91.0 Å². The van der Waals surface area contributed by atoms with Gasteiger partial charge in [0.1, 0.15) is 12.2 Å². The Balaban J connectivity index is 1.95. The van der Waals surface area contributed by atoms with Crippen molar-refractivity contribution < 1.29 is 0 Å². The second kappa shape index (κ2) is 7.18. The summed E-state index contributed by atoms with van der Waals surface area (Å²) in [6, 6.07) is 29.2. The highest BCUT2D eigenvalue weighted by atomic mass is 15.2. The largest absolute Gasteiger partial charge is 0.285 e. The Morgan fingerprint density at radius 2 is 1.26 bits per heavy atom. The van der Waals surface area contributed by atoms with Gasteiger partial charge in [-0.15, -0.1) is 0 Å². The molecule has 0 fully saturated rings. The number of amidine groups is 1. The minimum atomic E-state index is 0.386. The number of anilines is 1. The lowest BCUT2D eigenvalue weighted by molar-refractivity contribution is 1.34. The molecular weight excluding hydrogens is 282 g/mol. The fourth-order valence-corrected chi connectivity index (χ4v) is 2.22. The molecule has 0 amide bonds. The summed E-state index contributed by atoms with van der Waals surface area (Å²) in [5.41, 5.74) is 2.60. The number of benzene rings is 3. The van der Waals surface area contributed by atoms with E-state index in [0.29, 0.717) is 5.84 Å². The van der Waals surface area contributed by atoms with Crippen molar-refractivity contribution in [1.29, 1.82) is 5.41 Å². The summed E-state index contributed by atoms with van der Waals surface area (Å²) < 4.78 is 0. The van der Waals surface area contributed by atoms with E-state index in [-0.39, 0.29) is 0 Å². The van der Waals surface area contributed by atoms with Crippen molar-refractivity contribution >= 4 is 23.5 Å². The first-order valence-electron chi connectivity index (χ1n) is 7.42. The number of nitrogens with zero attached hydrogens (tertiary/aromatic N) is 2. The second-order valence-corrected chi connectivity index (χ2v) is 5.00. The molecule has 112 valence electrons. The third-order valence-corrected chi connectivity index (χ3v) is 3.40. The van der Waals surface area contributed by atoms with Gasteiger partial charge in [0.2, 0.25) is 0 Å². The van der Waals surface area contributed by atoms with Crippen LogP contribution >= 0.6 is 0 Å². The molecule has 0 aromatic heterocycles. The van der Waals surface area contributed by atoms with Gasteiger partial charge >= 0.3 is 0 Å². The number of hydrogen-bond acceptors (Lipinski definition) is 2. The molecule has 0 heterocycles. The fraction of sp³-hybridized carbons (Fsp3) is 0. The molecule has 3 heteroatoms. The normalized spacial score (nSPS) is 10.6. The van der Waals surface area contributed by atoms with Gasteiger partial charge in [-0.05, 0) is 24.3 Å². The molecule has 0 bridgehead atoms. The van der Waals surface area contributed by atoms with Crippen molar-refractivity contribution in [3.8, 4) is 0 Å². The van der Waals surface area contributed by atoms with Crippen LogP contribution in [0, 0.1) is 5.41 Å². The maximum absolute atomic E-state index is 8.52. The van der Waals surface area contributed by atoms with Gasteiger partial charge in [0.05, 0.1) is 5.69 Å². The molecule has 3 aromatic rings. The van der Waals surface area contributed by atoms with Crippen molar-refractivity contribution in [3.05, 3.63) is 96.6 Å². The van der Waals surface area contributed by atoms with E-state index < -0.39 is 0 Å². The summed E-state index contributed by atoms with van der Waals surface area (Å²) in [6.07, 6.45) is 1.69. The zero-order chi connectivity index (χ0) is 15.9. The molecule has 0 aliphatic rings. The van der Waals surface area contributed by atoms with E-state index in [0.717, 1.165) is 16.9 Å². The van der Waals surface area contributed by atoms with Crippen LogP contribution in [0.15, 0.2) is 96.0 Å². The Kier molecular flexibility index (Phi) is 4.60. The van der Waals surface area contributed by atoms with E-state index in [1.54, 1.807) is 11.2 Å². The third kappa shape index (κ3) is 3.71. The molecular formula is C20H17N3. The van der Waals surface area contributed by atoms with Crippen LogP contribution in [0.3, 0.4) is 0 Å². The van der Waals surface area contributed by atoms with Crippen molar-refractivity contribution in [2.45, 2.75) is 0 Å². The zero-order valence-electron chi connectivity index (χ0n) is 12.6. The topological polar surface area (TPSA) is 39.5 Å². The predicted molar refractivity (Wildman–Crippen MR) is 96.8 cm³/mol. The monoisotopic (exact) mass is 299 g/mol. The minimum Gasteiger partial charge on any atom is -0.285 e. The molecule has 0 atom stereocenters. The van der Waals surface area contributed by atoms with Crippen LogP contribution in [-0.4, -0.2) is 12.2 Å². The standard InChI is InChI=1S/C20H17N3/c21-20(17-10-4-1-5-11-17)23(19-14-8-3-9-15-19)16-22-18-12-6-2-7-13-18/h1-16,21H. The van der Waals surface area contributed by atoms with Gasteiger partial charge in [-0.2, -0.15) is 0 Å². The van der Waals surface area contributed by atoms with E-state index in [9.17, 15) is 0 Å². The van der Waals surface area contributed by atoms with Crippen LogP contribution in [0.2, 0.25) is 0 Å². The maximum Gasteiger partial charge on any atom is 0.137 e. The number of para-hydroxylation sites is 2. The van der Waals surface area contributed by atoms with Gasteiger partial charge < -0.3 is 0 Å². The maximum atomic E-state index is 8.52. The summed E-state index contributed by atoms with van der Waals surface area (Å²) >= 11 is 0. The minimum absolute atomic E-state index is 0.386. The lowest BCUT2D eigenvalue weighted by atomic mass is 10.2. The van der Waals surface area contributed by atoms with Gasteiger partial charge in [0.15, 0.2) is 0 Å². The van der Waals surface area contributed by atoms with Crippen LogP contribution in [0.25, 0.3) is 0 Å². The van der Waals surface area contributed by atoms with Gasteiger partial charge in [-0.25, -0.2) is 4.99 Å². The molecule has 0 aliphatic heterocycles. The van der Waals surface area contributed by atoms with Gasteiger partial charge in [-0.1, -0.05) is 66.7 Å². The zero-order valence-corrected chi connectivity index (χ0v) is 12.6. The summed E-state index contributed by atoms with van der Waals surface area (Å²) in [4.78, 5) is 6.27. The molecule has 23 heavy (non-hydrogen) atoms. The fourth-order valence-electron chi connectivity index (χ4n) is 2.22. The molecule has 0 spiro atoms. The first kappa shape index (κ1) is 14.7. The molecule has 1 N–H and O–H groups in total. The summed E-state index contributed by atoms with van der Waals surface area (Å²) in [5.74, 6) is 0.386. The number of aliphatic imine (C=N–C) groups is 1. The Bertz CT molecular complexity index is 781. The second-order valence-electron chi connectivity index (χ2n) is 5.00. The Hall–Kier alpha value is -3.20. The summed E-state index contributed by atoms with van der Waals surface area (Å²) in [5, 5.41) is 8.52. The lowest BCUT2D eigenvalue weighted by Crippen LogP contribution is -2.29. The SMILES string of the molecule is N=C(c1ccccc1)N(C=Nc1ccccc1)c1ccccc1. The Morgan fingerprint density at radius 1 is 0.739 bits per heavy atom. The highest BCUT2D eigenvalue weighted by Gasteiger charge is 2.11. The van der Waals surface area contributed by atoms with Crippen molar-refractivity contribution in [1.82, 2.24) is 0 Å². The Morgan fingerprint density at radius 3 is 1.87 bits per heavy atom. The van der Waals surface area contributed by atoms with E-state index in [4.69, 9.17) is 5.41 Å². The van der Waals surface area contributed by atoms with Crippen LogP contribution in [0.5, 0.6) is 0 Å². The van der Waals surface area contributed by atoms with Gasteiger partial charge in [0, 0.05) is 11.3 Å². The first-order chi connectivity index (χ1) is 11.3. The predicted octanol–water partition coefficient (Wildman–Crippen LogP) is 4.88. The summed E-state index contributed by atoms with van der Waals surface area (Å²) in [6.45, 7) is 0. The molecule has 0 saturated heterocycles. The number of nitrogens with one attached hydrogen (secondary N) is 1. The number of hydrogen-bond donors (Lipinski definition) is 1. The van der Waals surface area contributed by atoms with Crippen molar-refractivity contribution in [2.75, 3.05) is 4.90 Å². The summed E-state index contributed by atoms with van der Waals surface area (Å²) in [7, 11) is 0. The van der Waals surface area contributed by atoms with E-state index in [2.05, 4.69) is 4.99 Å². The third-order valence-electron chi connectivity index (χ3n) is 3.40. The van der Waals surface area contributed by atoms with Gasteiger partial charge in [-0.3, -0.25) is 10.3 Å². The lowest BCUT2D eigenvalue weighted by Gasteiger charge is -2.20. The van der Waals surface area contributed by atoms with Gasteiger partial charge in [0.25, 0.3) is 0 Å². The van der Waals surface area contributed by atoms with Crippen LogP contribution in [-0.2, 0) is 0 Å². The highest BCUT2D eigenvalue weighted by Crippen LogP contribution is 2.17. The van der Waals surface area contributed by atoms with E-state index >= 15 is 0 Å². The number of rotatable bonds is 4. The molecule has 0 aliphatic carbocycles. The van der Waals surface area contributed by atoms with Crippen molar-refractivity contribution in [2.24, 2.45) is 4.99 Å². The molecule has 3 nitrogen and oxygen atoms in total. The average Bonchev–Trinajstić information content (AvgIpc) is 2.64. The quantitative estimate of drug-likeness (QED) is 0.541. The molecule has 3 rings (SSSR count). The first-order valence-corrected chi connectivity index (χ1v) is 7.42. The molecule has 0 radical (unpaired) electrons. The molecule has 0 unspecified atom stereocenters. The molecule has 3 aromatic carbocycles. The smallest absolute Gasteiger partial charge is 0.137 e. The average molecular weight is 299 g/mol. The Labute approximate surface area is 136 Å². The van der Waals surface area contributed by atoms with Crippen molar-refractivity contribution in [3.63, 3.8) is 0 Å². The highest BCUT2D eigenvalue weighted by molar-refractivity contribution is 6.18. The molecule has 0 saturated carbocycles.